The van der Waals surface area contributed by atoms with Crippen molar-refractivity contribution in [3.63, 3.8) is 0 Å². The van der Waals surface area contributed by atoms with Gasteiger partial charge in [0.2, 0.25) is 0 Å². The Hall–Kier alpha value is -2.31. The summed E-state index contributed by atoms with van der Waals surface area (Å²) < 4.78 is 0. The van der Waals surface area contributed by atoms with Crippen molar-refractivity contribution in [2.45, 2.75) is 70.3 Å². The molecule has 3 nitrogen and oxygen atoms in total. The van der Waals surface area contributed by atoms with Crippen LogP contribution >= 0.6 is 0 Å². The van der Waals surface area contributed by atoms with Crippen LogP contribution in [0.3, 0.4) is 0 Å². The minimum atomic E-state index is -0.914. The van der Waals surface area contributed by atoms with Gasteiger partial charge >= 0.3 is 0 Å². The molecule has 4 aliphatic carbocycles. The largest absolute Gasteiger partial charge is 0.378 e. The fourth-order valence-electron chi connectivity index (χ4n) is 7.38. The fraction of sp³-hybridized carbons (Fsp3) is 0.552. The third-order valence-electron chi connectivity index (χ3n) is 9.03. The van der Waals surface area contributed by atoms with Crippen molar-refractivity contribution in [3.05, 3.63) is 52.6 Å². The van der Waals surface area contributed by atoms with Crippen LogP contribution in [0.5, 0.6) is 0 Å². The van der Waals surface area contributed by atoms with Crippen LogP contribution < -0.4 is 4.90 Å². The summed E-state index contributed by atoms with van der Waals surface area (Å²) in [4.78, 5) is 14.3. The van der Waals surface area contributed by atoms with Crippen LogP contribution in [0.4, 0.5) is 5.69 Å². The lowest BCUT2D eigenvalue weighted by Gasteiger charge is -2.53. The second kappa shape index (κ2) is 7.63. The number of anilines is 1. The van der Waals surface area contributed by atoms with Crippen LogP contribution in [0.1, 0.15) is 70.3 Å². The van der Waals surface area contributed by atoms with Gasteiger partial charge in [-0.2, -0.15) is 0 Å². The number of hydrogen-bond acceptors (Lipinski definition) is 3. The number of nitrogens with zero attached hydrogens (tertiary/aromatic N) is 1. The molecule has 0 bridgehead atoms. The first-order valence-corrected chi connectivity index (χ1v) is 12.2. The Balaban J connectivity index is 1.67. The van der Waals surface area contributed by atoms with Crippen molar-refractivity contribution >= 4 is 11.5 Å². The summed E-state index contributed by atoms with van der Waals surface area (Å²) in [5.41, 5.74) is 5.71. The first-order valence-electron chi connectivity index (χ1n) is 12.2. The normalized spacial score (nSPS) is 35.8. The van der Waals surface area contributed by atoms with Gasteiger partial charge in [-0.05, 0) is 92.2 Å². The van der Waals surface area contributed by atoms with Gasteiger partial charge in [0, 0.05) is 37.5 Å². The van der Waals surface area contributed by atoms with E-state index in [1.807, 2.05) is 13.0 Å². The van der Waals surface area contributed by atoms with Gasteiger partial charge in [-0.25, -0.2) is 0 Å². The minimum Gasteiger partial charge on any atom is -0.378 e. The molecule has 0 amide bonds. The molecular formula is C29H35NO2. The predicted octanol–water partition coefficient (Wildman–Crippen LogP) is 5.41. The number of carbonyl (C=O) groups is 1. The number of benzene rings is 1. The highest BCUT2D eigenvalue weighted by Gasteiger charge is 2.62. The van der Waals surface area contributed by atoms with E-state index in [1.165, 1.54) is 22.4 Å². The van der Waals surface area contributed by atoms with Gasteiger partial charge in [0.15, 0.2) is 5.78 Å². The van der Waals surface area contributed by atoms with E-state index in [-0.39, 0.29) is 17.1 Å². The van der Waals surface area contributed by atoms with Crippen molar-refractivity contribution in [3.8, 4) is 11.8 Å². The zero-order chi connectivity index (χ0) is 22.7. The summed E-state index contributed by atoms with van der Waals surface area (Å²) in [5.74, 6) is 7.76. The van der Waals surface area contributed by atoms with Crippen molar-refractivity contribution in [1.82, 2.24) is 0 Å². The zero-order valence-electron chi connectivity index (χ0n) is 19.9. The van der Waals surface area contributed by atoms with Gasteiger partial charge < -0.3 is 10.0 Å². The molecule has 1 N–H and O–H groups in total. The molecule has 0 saturated heterocycles. The molecule has 4 aliphatic rings. The number of rotatable bonds is 2. The molecule has 0 aromatic heterocycles. The molecule has 0 radical (unpaired) electrons. The molecule has 2 saturated carbocycles. The van der Waals surface area contributed by atoms with E-state index in [0.29, 0.717) is 18.3 Å². The fourth-order valence-corrected chi connectivity index (χ4v) is 7.38. The summed E-state index contributed by atoms with van der Waals surface area (Å²) >= 11 is 0. The topological polar surface area (TPSA) is 40.5 Å². The lowest BCUT2D eigenvalue weighted by molar-refractivity contribution is -0.114. The standard InChI is InChI=1S/C29H35NO2/c1-5-15-29(32)16-14-26-24-12-8-20-17-22(31)11-13-23(20)27(24)25(18-28(26,29)2)19-6-9-21(10-7-19)30(3)4/h6-7,9-10,17,24-26,32H,8,11-14,16,18H2,1-4H3/t24?,25?,26?,28-,29?/m0/s1. The first kappa shape index (κ1) is 21.5. The van der Waals surface area contributed by atoms with Crippen LogP contribution in [-0.4, -0.2) is 30.6 Å². The van der Waals surface area contributed by atoms with E-state index in [9.17, 15) is 9.90 Å². The molecule has 3 heteroatoms. The molecule has 5 atom stereocenters. The second-order valence-corrected chi connectivity index (χ2v) is 10.8. The Morgan fingerprint density at radius 1 is 1.09 bits per heavy atom. The molecule has 32 heavy (non-hydrogen) atoms. The smallest absolute Gasteiger partial charge is 0.156 e. The maximum atomic E-state index is 12.2. The number of allylic oxidation sites excluding steroid dienone is 4. The monoisotopic (exact) mass is 429 g/mol. The maximum absolute atomic E-state index is 12.2. The Morgan fingerprint density at radius 3 is 2.53 bits per heavy atom. The van der Waals surface area contributed by atoms with Crippen molar-refractivity contribution in [1.29, 1.82) is 0 Å². The van der Waals surface area contributed by atoms with Crippen LogP contribution in [0.2, 0.25) is 0 Å². The highest BCUT2D eigenvalue weighted by Crippen LogP contribution is 2.66. The Bertz CT molecular complexity index is 1070. The molecule has 4 unspecified atom stereocenters. The van der Waals surface area contributed by atoms with Gasteiger partial charge in [0.1, 0.15) is 5.60 Å². The van der Waals surface area contributed by atoms with Crippen LogP contribution in [0, 0.1) is 29.1 Å². The summed E-state index contributed by atoms with van der Waals surface area (Å²) in [5, 5.41) is 11.7. The molecule has 5 rings (SSSR count). The number of fused-ring (bicyclic) bond motifs is 4. The summed E-state index contributed by atoms with van der Waals surface area (Å²) in [6, 6.07) is 8.97. The Labute approximate surface area is 192 Å². The third-order valence-corrected chi connectivity index (χ3v) is 9.03. The van der Waals surface area contributed by atoms with Gasteiger partial charge in [-0.1, -0.05) is 30.6 Å². The van der Waals surface area contributed by atoms with E-state index < -0.39 is 5.60 Å². The highest BCUT2D eigenvalue weighted by molar-refractivity contribution is 5.93. The van der Waals surface area contributed by atoms with Gasteiger partial charge in [-0.15, -0.1) is 5.92 Å². The number of aliphatic hydroxyl groups is 1. The quantitative estimate of drug-likeness (QED) is 0.640. The van der Waals surface area contributed by atoms with E-state index in [0.717, 1.165) is 38.5 Å². The van der Waals surface area contributed by atoms with Gasteiger partial charge in [0.05, 0.1) is 0 Å². The number of carbonyl (C=O) groups excluding carboxylic acids is 1. The predicted molar refractivity (Wildman–Crippen MR) is 129 cm³/mol. The van der Waals surface area contributed by atoms with E-state index >= 15 is 0 Å². The SMILES string of the molecule is CC#CC1(O)CCC2C3CCC4=CC(=O)CCC4=C3C(c3ccc(N(C)C)cc3)C[C@@]21C. The summed E-state index contributed by atoms with van der Waals surface area (Å²) in [6.45, 7) is 4.15. The average molecular weight is 430 g/mol. The van der Waals surface area contributed by atoms with Crippen LogP contribution in [0.15, 0.2) is 47.1 Å². The van der Waals surface area contributed by atoms with E-state index in [4.69, 9.17) is 0 Å². The molecule has 168 valence electrons. The van der Waals surface area contributed by atoms with Crippen LogP contribution in [-0.2, 0) is 4.79 Å². The lowest BCUT2D eigenvalue weighted by Crippen LogP contribution is -2.51. The van der Waals surface area contributed by atoms with Gasteiger partial charge in [-0.3, -0.25) is 4.79 Å². The number of hydrogen-bond donors (Lipinski definition) is 1. The van der Waals surface area contributed by atoms with Crippen molar-refractivity contribution in [2.75, 3.05) is 19.0 Å². The highest BCUT2D eigenvalue weighted by atomic mass is 16.3. The minimum absolute atomic E-state index is 0.221. The molecule has 1 aromatic rings. The summed E-state index contributed by atoms with van der Waals surface area (Å²) in [6.07, 6.45) is 8.23. The molecule has 0 heterocycles. The molecule has 0 aliphatic heterocycles. The lowest BCUT2D eigenvalue weighted by atomic mass is 9.51. The third kappa shape index (κ3) is 3.11. The van der Waals surface area contributed by atoms with Crippen LogP contribution in [0.25, 0.3) is 0 Å². The first-order chi connectivity index (χ1) is 15.3. The second-order valence-electron chi connectivity index (χ2n) is 10.8. The Kier molecular flexibility index (Phi) is 5.13. The van der Waals surface area contributed by atoms with Gasteiger partial charge in [0.25, 0.3) is 0 Å². The average Bonchev–Trinajstić information content (AvgIpc) is 3.03. The maximum Gasteiger partial charge on any atom is 0.156 e. The summed E-state index contributed by atoms with van der Waals surface area (Å²) in [7, 11) is 4.14. The molecule has 0 spiro atoms. The Morgan fingerprint density at radius 2 is 1.84 bits per heavy atom. The zero-order valence-corrected chi connectivity index (χ0v) is 19.9. The van der Waals surface area contributed by atoms with E-state index in [2.05, 4.69) is 62.0 Å². The van der Waals surface area contributed by atoms with E-state index in [1.54, 1.807) is 5.57 Å². The van der Waals surface area contributed by atoms with Crippen molar-refractivity contribution < 1.29 is 9.90 Å². The molecule has 2 fully saturated rings. The number of ketones is 1. The van der Waals surface area contributed by atoms with Crippen molar-refractivity contribution in [2.24, 2.45) is 17.3 Å². The molecule has 1 aromatic carbocycles. The molecular weight excluding hydrogens is 394 g/mol.